The van der Waals surface area contributed by atoms with Crippen molar-refractivity contribution in [1.29, 1.82) is 0 Å². The van der Waals surface area contributed by atoms with Crippen molar-refractivity contribution in [1.82, 2.24) is 14.8 Å². The van der Waals surface area contributed by atoms with E-state index in [2.05, 4.69) is 32.5 Å². The number of aromatic amines is 1. The first-order chi connectivity index (χ1) is 15.4. The summed E-state index contributed by atoms with van der Waals surface area (Å²) in [5.74, 6) is -0.213. The number of aromatic nitrogens is 1. The second kappa shape index (κ2) is 8.97. The average Bonchev–Trinajstić information content (AvgIpc) is 3.26. The fraction of sp³-hybridized carbons (Fsp3) is 0.348. The van der Waals surface area contributed by atoms with Gasteiger partial charge in [0.1, 0.15) is 6.29 Å². The number of nitrogens with two attached hydrogens (primary N) is 1. The lowest BCUT2D eigenvalue weighted by atomic mass is 10.0. The molecule has 5 N–H and O–H groups in total. The number of anilines is 2. The van der Waals surface area contributed by atoms with Crippen molar-refractivity contribution in [2.45, 2.75) is 19.4 Å². The predicted octanol–water partition coefficient (Wildman–Crippen LogP) is 1.66. The van der Waals surface area contributed by atoms with E-state index in [4.69, 9.17) is 5.73 Å². The Labute approximate surface area is 186 Å². The van der Waals surface area contributed by atoms with Crippen LogP contribution in [0.5, 0.6) is 0 Å². The van der Waals surface area contributed by atoms with E-state index in [1.54, 1.807) is 24.3 Å². The summed E-state index contributed by atoms with van der Waals surface area (Å²) in [6.45, 7) is 5.64. The third kappa shape index (κ3) is 4.44. The van der Waals surface area contributed by atoms with Gasteiger partial charge in [-0.25, -0.2) is 4.79 Å². The Kier molecular flexibility index (Phi) is 6.11. The van der Waals surface area contributed by atoms with Gasteiger partial charge in [-0.05, 0) is 55.8 Å². The molecule has 0 aliphatic carbocycles. The molecule has 0 spiro atoms. The van der Waals surface area contributed by atoms with E-state index < -0.39 is 6.03 Å². The van der Waals surface area contributed by atoms with E-state index in [0.29, 0.717) is 28.9 Å². The molecule has 32 heavy (non-hydrogen) atoms. The van der Waals surface area contributed by atoms with Crippen molar-refractivity contribution in [2.75, 3.05) is 43.9 Å². The van der Waals surface area contributed by atoms with E-state index in [-0.39, 0.29) is 11.9 Å². The van der Waals surface area contributed by atoms with Crippen molar-refractivity contribution >= 4 is 41.2 Å². The highest BCUT2D eigenvalue weighted by molar-refractivity contribution is 6.35. The molecule has 1 aromatic carbocycles. The van der Waals surface area contributed by atoms with Crippen molar-refractivity contribution in [3.05, 3.63) is 46.8 Å². The standard InChI is InChI=1S/C23H28N6O3/c1-14-15(9-17(13-30)29-7-5-28(2)6-8-29)12-25-21(14)11-19-18-10-16(26-23(24)32)3-4-20(18)27-22(19)31/h3-4,10-13,17,25H,5-9H2,1-2H3,(H,27,31)(H3,24,26,32). The Hall–Kier alpha value is -3.43. The first kappa shape index (κ1) is 21.8. The quantitative estimate of drug-likeness (QED) is 0.405. The lowest BCUT2D eigenvalue weighted by molar-refractivity contribution is -0.113. The van der Waals surface area contributed by atoms with Crippen LogP contribution in [-0.2, 0) is 16.0 Å². The number of nitrogens with one attached hydrogen (secondary N) is 3. The molecule has 1 aromatic heterocycles. The zero-order valence-corrected chi connectivity index (χ0v) is 18.3. The van der Waals surface area contributed by atoms with Crippen molar-refractivity contribution < 1.29 is 14.4 Å². The summed E-state index contributed by atoms with van der Waals surface area (Å²) in [5.41, 5.74) is 10.5. The highest BCUT2D eigenvalue weighted by Gasteiger charge is 2.26. The molecular weight excluding hydrogens is 408 g/mol. The molecule has 1 atom stereocenters. The number of H-pyrrole nitrogens is 1. The number of carbonyl (C=O) groups is 3. The van der Waals surface area contributed by atoms with Gasteiger partial charge in [-0.1, -0.05) is 0 Å². The van der Waals surface area contributed by atoms with Crippen LogP contribution in [0.1, 0.15) is 22.4 Å². The van der Waals surface area contributed by atoms with Crippen LogP contribution in [-0.4, -0.2) is 72.3 Å². The summed E-state index contributed by atoms with van der Waals surface area (Å²) in [4.78, 5) is 43.3. The van der Waals surface area contributed by atoms with Gasteiger partial charge in [-0.3, -0.25) is 9.69 Å². The molecule has 1 saturated heterocycles. The molecule has 0 bridgehead atoms. The number of hydrogen-bond acceptors (Lipinski definition) is 5. The first-order valence-electron chi connectivity index (χ1n) is 10.6. The van der Waals surface area contributed by atoms with Crippen molar-refractivity contribution in [3.8, 4) is 0 Å². The number of carbonyl (C=O) groups excluding carboxylic acids is 3. The molecule has 3 amide bonds. The number of piperazine rings is 1. The number of urea groups is 1. The number of nitrogens with zero attached hydrogens (tertiary/aromatic N) is 2. The smallest absolute Gasteiger partial charge is 0.316 e. The van der Waals surface area contributed by atoms with Gasteiger partial charge in [0.2, 0.25) is 0 Å². The lowest BCUT2D eigenvalue weighted by Crippen LogP contribution is -2.50. The molecule has 4 rings (SSSR count). The number of amides is 3. The van der Waals surface area contributed by atoms with Crippen LogP contribution in [0.3, 0.4) is 0 Å². The normalized spacial score (nSPS) is 18.9. The van der Waals surface area contributed by atoms with E-state index in [1.807, 2.05) is 13.1 Å². The molecule has 0 saturated carbocycles. The van der Waals surface area contributed by atoms with Crippen LogP contribution >= 0.6 is 0 Å². The minimum atomic E-state index is -0.664. The summed E-state index contributed by atoms with van der Waals surface area (Å²) in [5, 5.41) is 5.38. The third-order valence-corrected chi connectivity index (χ3v) is 6.24. The Bertz CT molecular complexity index is 1080. The predicted molar refractivity (Wildman–Crippen MR) is 124 cm³/mol. The maximum absolute atomic E-state index is 12.6. The highest BCUT2D eigenvalue weighted by Crippen LogP contribution is 2.35. The molecule has 2 aliphatic heterocycles. The maximum Gasteiger partial charge on any atom is 0.316 e. The van der Waals surface area contributed by atoms with Gasteiger partial charge in [0, 0.05) is 55.0 Å². The van der Waals surface area contributed by atoms with Gasteiger partial charge in [-0.2, -0.15) is 0 Å². The number of hydrogen-bond donors (Lipinski definition) is 4. The maximum atomic E-state index is 12.6. The molecule has 3 heterocycles. The van der Waals surface area contributed by atoms with Crippen LogP contribution in [0.2, 0.25) is 0 Å². The summed E-state index contributed by atoms with van der Waals surface area (Å²) < 4.78 is 0. The number of fused-ring (bicyclic) bond motifs is 1. The van der Waals surface area contributed by atoms with E-state index in [0.717, 1.165) is 49.3 Å². The Morgan fingerprint density at radius 3 is 2.72 bits per heavy atom. The Morgan fingerprint density at radius 2 is 2.03 bits per heavy atom. The molecule has 9 nitrogen and oxygen atoms in total. The van der Waals surface area contributed by atoms with Crippen LogP contribution in [0.15, 0.2) is 24.4 Å². The van der Waals surface area contributed by atoms with Gasteiger partial charge < -0.3 is 31.0 Å². The van der Waals surface area contributed by atoms with E-state index in [1.165, 1.54) is 0 Å². The average molecular weight is 437 g/mol. The fourth-order valence-electron chi connectivity index (χ4n) is 4.25. The molecule has 168 valence electrons. The monoisotopic (exact) mass is 436 g/mol. The summed E-state index contributed by atoms with van der Waals surface area (Å²) >= 11 is 0. The molecule has 2 aromatic rings. The van der Waals surface area contributed by atoms with Crippen molar-refractivity contribution in [3.63, 3.8) is 0 Å². The van der Waals surface area contributed by atoms with Crippen LogP contribution in [0.25, 0.3) is 11.6 Å². The molecule has 1 unspecified atom stereocenters. The highest BCUT2D eigenvalue weighted by atomic mass is 16.2. The summed E-state index contributed by atoms with van der Waals surface area (Å²) in [6.07, 6.45) is 5.37. The number of aldehydes is 1. The van der Waals surface area contributed by atoms with Crippen LogP contribution < -0.4 is 16.4 Å². The number of likely N-dealkylation sites (N-methyl/N-ethyl adjacent to an activating group) is 1. The Morgan fingerprint density at radius 1 is 1.28 bits per heavy atom. The number of primary amides is 1. The molecule has 9 heteroatoms. The molecule has 0 radical (unpaired) electrons. The molecular formula is C23H28N6O3. The van der Waals surface area contributed by atoms with Gasteiger partial charge in [-0.15, -0.1) is 0 Å². The van der Waals surface area contributed by atoms with Gasteiger partial charge >= 0.3 is 6.03 Å². The van der Waals surface area contributed by atoms with Gasteiger partial charge in [0.25, 0.3) is 5.91 Å². The molecule has 2 aliphatic rings. The van der Waals surface area contributed by atoms with E-state index in [9.17, 15) is 14.4 Å². The van der Waals surface area contributed by atoms with Gasteiger partial charge in [0.15, 0.2) is 0 Å². The largest absolute Gasteiger partial charge is 0.361 e. The van der Waals surface area contributed by atoms with E-state index >= 15 is 0 Å². The lowest BCUT2D eigenvalue weighted by Gasteiger charge is -2.35. The number of benzene rings is 1. The summed E-state index contributed by atoms with van der Waals surface area (Å²) in [7, 11) is 2.09. The minimum absolute atomic E-state index is 0.170. The van der Waals surface area contributed by atoms with Crippen LogP contribution in [0, 0.1) is 6.92 Å². The Balaban J connectivity index is 1.57. The minimum Gasteiger partial charge on any atom is -0.361 e. The second-order valence-corrected chi connectivity index (χ2v) is 8.36. The van der Waals surface area contributed by atoms with Gasteiger partial charge in [0.05, 0.1) is 11.6 Å². The van der Waals surface area contributed by atoms with Crippen LogP contribution in [0.4, 0.5) is 16.2 Å². The second-order valence-electron chi connectivity index (χ2n) is 8.36. The van der Waals surface area contributed by atoms with Crippen molar-refractivity contribution in [2.24, 2.45) is 5.73 Å². The zero-order chi connectivity index (χ0) is 22.8. The topological polar surface area (TPSA) is 124 Å². The molecule has 1 fully saturated rings. The SMILES string of the molecule is Cc1c(CC(C=O)N2CCN(C)CC2)c[nH]c1C=C1C(=O)Nc2ccc(NC(N)=O)cc21. The zero-order valence-electron chi connectivity index (χ0n) is 18.3. The first-order valence-corrected chi connectivity index (χ1v) is 10.6. The number of rotatable bonds is 6. The summed E-state index contributed by atoms with van der Waals surface area (Å²) in [6, 6.07) is 4.30. The third-order valence-electron chi connectivity index (χ3n) is 6.24. The fourth-order valence-corrected chi connectivity index (χ4v) is 4.25.